The Morgan fingerprint density at radius 1 is 1.17 bits per heavy atom. The van der Waals surface area contributed by atoms with Crippen molar-refractivity contribution in [2.45, 2.75) is 37.4 Å². The summed E-state index contributed by atoms with van der Waals surface area (Å²) < 4.78 is 0. The van der Waals surface area contributed by atoms with E-state index < -0.39 is 41.9 Å². The summed E-state index contributed by atoms with van der Waals surface area (Å²) in [6.45, 7) is 3.29. The number of aliphatic carboxylic acids is 2. The smallest absolute Gasteiger partial charge is 0.330 e. The molecule has 0 aliphatic rings. The van der Waals surface area contributed by atoms with Crippen LogP contribution in [0.25, 0.3) is 0 Å². The molecule has 0 unspecified atom stereocenters. The highest BCUT2D eigenvalue weighted by Gasteiger charge is 2.24. The first-order valence-corrected chi connectivity index (χ1v) is 7.40. The fraction of sp³-hybridized carbons (Fsp3) is 0.538. The molecule has 6 N–H and O–H groups in total. The molecule has 130 valence electrons. The second kappa shape index (κ2) is 10.6. The standard InChI is InChI=1S/C13H21N3O6S/c1-2-8(13(21)22)16-11(18)9(6-23)15-10(17)5-3-4-7(14)12(19)20/h2,7-9,23H,1,3-6,14H2,(H,15,17)(H,16,18)(H,19,20)(H,21,22)/t7-,8+,9+/m0/s1. The van der Waals surface area contributed by atoms with Gasteiger partial charge in [-0.25, -0.2) is 4.79 Å². The number of carbonyl (C=O) groups is 4. The Bertz CT molecular complexity index is 471. The van der Waals surface area contributed by atoms with Crippen LogP contribution >= 0.6 is 12.6 Å². The van der Waals surface area contributed by atoms with E-state index in [-0.39, 0.29) is 25.0 Å². The Morgan fingerprint density at radius 3 is 2.22 bits per heavy atom. The van der Waals surface area contributed by atoms with Gasteiger partial charge in [-0.15, -0.1) is 6.58 Å². The molecule has 0 rings (SSSR count). The third-order valence-corrected chi connectivity index (χ3v) is 3.24. The van der Waals surface area contributed by atoms with Crippen molar-refractivity contribution < 1.29 is 29.4 Å². The lowest BCUT2D eigenvalue weighted by Gasteiger charge is -2.18. The Kier molecular flexibility index (Phi) is 9.67. The van der Waals surface area contributed by atoms with Gasteiger partial charge in [-0.05, 0) is 12.8 Å². The van der Waals surface area contributed by atoms with Crippen molar-refractivity contribution in [2.24, 2.45) is 5.73 Å². The molecule has 0 saturated heterocycles. The Balaban J connectivity index is 4.38. The molecule has 0 fully saturated rings. The highest BCUT2D eigenvalue weighted by atomic mass is 32.1. The van der Waals surface area contributed by atoms with Gasteiger partial charge in [0.15, 0.2) is 0 Å². The van der Waals surface area contributed by atoms with Crippen LogP contribution < -0.4 is 16.4 Å². The molecule has 0 aromatic rings. The summed E-state index contributed by atoms with van der Waals surface area (Å²) in [4.78, 5) is 44.9. The molecule has 0 heterocycles. The number of amides is 2. The monoisotopic (exact) mass is 347 g/mol. The summed E-state index contributed by atoms with van der Waals surface area (Å²) in [5.74, 6) is -3.65. The van der Waals surface area contributed by atoms with Gasteiger partial charge in [-0.3, -0.25) is 14.4 Å². The van der Waals surface area contributed by atoms with E-state index in [1.54, 1.807) is 0 Å². The highest BCUT2D eigenvalue weighted by molar-refractivity contribution is 7.80. The van der Waals surface area contributed by atoms with Crippen molar-refractivity contribution in [1.82, 2.24) is 10.6 Å². The molecule has 0 aromatic heterocycles. The molecule has 2 amide bonds. The van der Waals surface area contributed by atoms with Crippen LogP contribution in [0, 0.1) is 0 Å². The molecule has 0 aromatic carbocycles. The summed E-state index contributed by atoms with van der Waals surface area (Å²) in [7, 11) is 0. The number of carboxylic acid groups (broad SMARTS) is 2. The summed E-state index contributed by atoms with van der Waals surface area (Å²) in [5, 5.41) is 22.0. The van der Waals surface area contributed by atoms with Gasteiger partial charge >= 0.3 is 11.9 Å². The van der Waals surface area contributed by atoms with E-state index in [1.807, 2.05) is 0 Å². The fourth-order valence-electron chi connectivity index (χ4n) is 1.54. The van der Waals surface area contributed by atoms with Gasteiger partial charge in [0.05, 0.1) is 0 Å². The molecule has 9 nitrogen and oxygen atoms in total. The van der Waals surface area contributed by atoms with Crippen molar-refractivity contribution in [3.63, 3.8) is 0 Å². The lowest BCUT2D eigenvalue weighted by atomic mass is 10.1. The van der Waals surface area contributed by atoms with Crippen molar-refractivity contribution in [1.29, 1.82) is 0 Å². The van der Waals surface area contributed by atoms with Crippen molar-refractivity contribution in [3.05, 3.63) is 12.7 Å². The number of carboxylic acids is 2. The van der Waals surface area contributed by atoms with Crippen LogP contribution in [0.5, 0.6) is 0 Å². The van der Waals surface area contributed by atoms with E-state index in [0.29, 0.717) is 0 Å². The number of hydrogen-bond acceptors (Lipinski definition) is 6. The molecule has 23 heavy (non-hydrogen) atoms. The number of carbonyl (C=O) groups excluding carboxylic acids is 2. The first-order valence-electron chi connectivity index (χ1n) is 6.77. The Hall–Kier alpha value is -2.07. The van der Waals surface area contributed by atoms with Crippen LogP contribution in [0.3, 0.4) is 0 Å². The van der Waals surface area contributed by atoms with Gasteiger partial charge in [-0.2, -0.15) is 12.6 Å². The maximum absolute atomic E-state index is 11.9. The van der Waals surface area contributed by atoms with Crippen LogP contribution in [-0.2, 0) is 19.2 Å². The topological polar surface area (TPSA) is 159 Å². The van der Waals surface area contributed by atoms with Gasteiger partial charge < -0.3 is 26.6 Å². The predicted molar refractivity (Wildman–Crippen MR) is 85.0 cm³/mol. The van der Waals surface area contributed by atoms with Crippen LogP contribution in [0.2, 0.25) is 0 Å². The van der Waals surface area contributed by atoms with Gasteiger partial charge in [-0.1, -0.05) is 6.08 Å². The molecule has 3 atom stereocenters. The molecule has 0 aliphatic carbocycles. The van der Waals surface area contributed by atoms with Crippen LogP contribution in [-0.4, -0.2) is 57.8 Å². The Morgan fingerprint density at radius 2 is 1.78 bits per heavy atom. The third-order valence-electron chi connectivity index (χ3n) is 2.87. The molecule has 10 heteroatoms. The predicted octanol–water partition coefficient (Wildman–Crippen LogP) is -1.26. The maximum atomic E-state index is 11.9. The molecular weight excluding hydrogens is 326 g/mol. The number of hydrogen-bond donors (Lipinski definition) is 6. The molecule has 0 radical (unpaired) electrons. The van der Waals surface area contributed by atoms with Crippen LogP contribution in [0.1, 0.15) is 19.3 Å². The zero-order chi connectivity index (χ0) is 18.0. The van der Waals surface area contributed by atoms with Crippen molar-refractivity contribution >= 4 is 36.4 Å². The quantitative estimate of drug-likeness (QED) is 0.201. The van der Waals surface area contributed by atoms with Gasteiger partial charge in [0, 0.05) is 12.2 Å². The number of thiol groups is 1. The summed E-state index contributed by atoms with van der Waals surface area (Å²) in [6.07, 6.45) is 1.40. The normalized spacial score (nSPS) is 14.2. The molecule has 0 bridgehead atoms. The number of rotatable bonds is 11. The van der Waals surface area contributed by atoms with Crippen LogP contribution in [0.4, 0.5) is 0 Å². The van der Waals surface area contributed by atoms with E-state index in [0.717, 1.165) is 6.08 Å². The zero-order valence-corrected chi connectivity index (χ0v) is 13.3. The second-order valence-corrected chi connectivity index (χ2v) is 5.06. The first-order chi connectivity index (χ1) is 10.7. The SMILES string of the molecule is C=C[C@@H](NC(=O)[C@@H](CS)NC(=O)CCC[C@H](N)C(=O)O)C(=O)O. The minimum absolute atomic E-state index is 0.0116. The summed E-state index contributed by atoms with van der Waals surface area (Å²) in [6, 6.07) is -3.33. The molecule has 0 spiro atoms. The zero-order valence-electron chi connectivity index (χ0n) is 12.4. The van der Waals surface area contributed by atoms with E-state index in [4.69, 9.17) is 15.9 Å². The van der Waals surface area contributed by atoms with Gasteiger partial charge in [0.1, 0.15) is 18.1 Å². The van der Waals surface area contributed by atoms with Crippen molar-refractivity contribution in [2.75, 3.05) is 5.75 Å². The molecular formula is C13H21N3O6S. The minimum Gasteiger partial charge on any atom is -0.480 e. The molecule has 0 aliphatic heterocycles. The average molecular weight is 347 g/mol. The Labute approximate surface area is 138 Å². The minimum atomic E-state index is -1.28. The first kappa shape index (κ1) is 20.9. The van der Waals surface area contributed by atoms with E-state index in [1.165, 1.54) is 0 Å². The van der Waals surface area contributed by atoms with Crippen molar-refractivity contribution in [3.8, 4) is 0 Å². The summed E-state index contributed by atoms with van der Waals surface area (Å²) >= 11 is 3.94. The third kappa shape index (κ3) is 8.21. The number of nitrogens with two attached hydrogens (primary N) is 1. The van der Waals surface area contributed by atoms with Gasteiger partial charge in [0.2, 0.25) is 11.8 Å². The number of nitrogens with one attached hydrogen (secondary N) is 2. The lowest BCUT2D eigenvalue weighted by molar-refractivity contribution is -0.141. The average Bonchev–Trinajstić information content (AvgIpc) is 2.49. The fourth-order valence-corrected chi connectivity index (χ4v) is 1.80. The maximum Gasteiger partial charge on any atom is 0.330 e. The van der Waals surface area contributed by atoms with Crippen LogP contribution in [0.15, 0.2) is 12.7 Å². The second-order valence-electron chi connectivity index (χ2n) is 4.70. The van der Waals surface area contributed by atoms with Gasteiger partial charge in [0.25, 0.3) is 0 Å². The lowest BCUT2D eigenvalue weighted by Crippen LogP contribution is -2.51. The molecule has 0 saturated carbocycles. The van der Waals surface area contributed by atoms with E-state index >= 15 is 0 Å². The largest absolute Gasteiger partial charge is 0.480 e. The van der Waals surface area contributed by atoms with E-state index in [9.17, 15) is 19.2 Å². The summed E-state index contributed by atoms with van der Waals surface area (Å²) in [5.41, 5.74) is 5.30. The van der Waals surface area contributed by atoms with E-state index in [2.05, 4.69) is 29.8 Å². The highest BCUT2D eigenvalue weighted by Crippen LogP contribution is 2.01.